The molecule has 0 aromatic heterocycles. The van der Waals surface area contributed by atoms with Crippen molar-refractivity contribution in [1.29, 1.82) is 0 Å². The predicted octanol–water partition coefficient (Wildman–Crippen LogP) is 1.75. The molecule has 0 aliphatic heterocycles. The van der Waals surface area contributed by atoms with Crippen molar-refractivity contribution in [2.24, 2.45) is 5.73 Å². The summed E-state index contributed by atoms with van der Waals surface area (Å²) in [5.74, 6) is 0.102. The van der Waals surface area contributed by atoms with Crippen molar-refractivity contribution in [1.82, 2.24) is 5.32 Å². The molecule has 0 aliphatic carbocycles. The Morgan fingerprint density at radius 1 is 1.33 bits per heavy atom. The Morgan fingerprint density at radius 3 is 2.44 bits per heavy atom. The fourth-order valence-corrected chi connectivity index (χ4v) is 1.56. The molecule has 3 N–H and O–H groups in total. The third-order valence-corrected chi connectivity index (χ3v) is 2.71. The molecule has 0 saturated carbocycles. The van der Waals surface area contributed by atoms with Crippen molar-refractivity contribution >= 4 is 5.97 Å². The number of nitrogens with one attached hydrogen (secondary N) is 1. The molecule has 18 heavy (non-hydrogen) atoms. The molecule has 1 aromatic rings. The minimum absolute atomic E-state index is 0.345. The van der Waals surface area contributed by atoms with Crippen molar-refractivity contribution in [2.45, 2.75) is 39.4 Å². The van der Waals surface area contributed by atoms with Gasteiger partial charge in [-0.2, -0.15) is 0 Å². The molecule has 4 nitrogen and oxygen atoms in total. The minimum atomic E-state index is -0.769. The summed E-state index contributed by atoms with van der Waals surface area (Å²) in [5.41, 5.74) is 8.04. The fourth-order valence-electron chi connectivity index (χ4n) is 1.56. The van der Waals surface area contributed by atoms with E-state index >= 15 is 0 Å². The lowest BCUT2D eigenvalue weighted by molar-refractivity contribution is -0.145. The largest absolute Gasteiger partial charge is 0.464 e. The van der Waals surface area contributed by atoms with Gasteiger partial charge in [0.05, 0.1) is 6.61 Å². The topological polar surface area (TPSA) is 64.3 Å². The number of benzene rings is 1. The number of hydrogen-bond acceptors (Lipinski definition) is 4. The monoisotopic (exact) mass is 250 g/mol. The molecule has 1 rings (SSSR count). The van der Waals surface area contributed by atoms with Crippen LogP contribution in [0.5, 0.6) is 0 Å². The molecule has 0 fully saturated rings. The Labute approximate surface area is 109 Å². The first-order valence-corrected chi connectivity index (χ1v) is 6.29. The van der Waals surface area contributed by atoms with Crippen molar-refractivity contribution in [3.63, 3.8) is 0 Å². The second kappa shape index (κ2) is 7.13. The number of carbonyl (C=O) groups excluding carboxylic acids is 1. The molecule has 4 heteroatoms. The van der Waals surface area contributed by atoms with Crippen LogP contribution in [0.1, 0.15) is 37.8 Å². The number of nitrogens with two attached hydrogens (primary N) is 1. The highest BCUT2D eigenvalue weighted by atomic mass is 16.5. The standard InChI is InChI=1S/C14H22N2O2/c1-4-18-14(17)13(15)16-9-11-5-7-12(8-6-11)10(2)3/h5-8,10,13,16H,4,9,15H2,1-3H3. The lowest BCUT2D eigenvalue weighted by Gasteiger charge is -2.13. The summed E-state index contributed by atoms with van der Waals surface area (Å²) in [4.78, 5) is 11.3. The van der Waals surface area contributed by atoms with Gasteiger partial charge in [0.1, 0.15) is 0 Å². The van der Waals surface area contributed by atoms with Crippen LogP contribution in [0, 0.1) is 0 Å². The second-order valence-electron chi connectivity index (χ2n) is 4.51. The van der Waals surface area contributed by atoms with Crippen LogP contribution in [-0.2, 0) is 16.1 Å². The summed E-state index contributed by atoms with van der Waals surface area (Å²) >= 11 is 0. The van der Waals surface area contributed by atoms with E-state index in [2.05, 4.69) is 31.3 Å². The summed E-state index contributed by atoms with van der Waals surface area (Å²) in [6.45, 7) is 6.97. The summed E-state index contributed by atoms with van der Waals surface area (Å²) in [6.07, 6.45) is -0.769. The van der Waals surface area contributed by atoms with Crippen LogP contribution in [0.15, 0.2) is 24.3 Å². The first-order chi connectivity index (χ1) is 8.54. The zero-order chi connectivity index (χ0) is 13.5. The summed E-state index contributed by atoms with van der Waals surface area (Å²) in [6, 6.07) is 8.27. The fraction of sp³-hybridized carbons (Fsp3) is 0.500. The Morgan fingerprint density at radius 2 is 1.94 bits per heavy atom. The van der Waals surface area contributed by atoms with E-state index in [1.807, 2.05) is 12.1 Å². The van der Waals surface area contributed by atoms with E-state index in [0.717, 1.165) is 5.56 Å². The Kier molecular flexibility index (Phi) is 5.82. The third-order valence-electron chi connectivity index (χ3n) is 2.71. The lowest BCUT2D eigenvalue weighted by atomic mass is 10.0. The summed E-state index contributed by atoms with van der Waals surface area (Å²) in [7, 11) is 0. The van der Waals surface area contributed by atoms with Gasteiger partial charge in [0.15, 0.2) is 6.17 Å². The molecule has 0 saturated heterocycles. The number of esters is 1. The van der Waals surface area contributed by atoms with Crippen molar-refractivity contribution in [3.05, 3.63) is 35.4 Å². The predicted molar refractivity (Wildman–Crippen MR) is 72.0 cm³/mol. The van der Waals surface area contributed by atoms with Crippen LogP contribution < -0.4 is 11.1 Å². The number of carbonyl (C=O) groups is 1. The van der Waals surface area contributed by atoms with Gasteiger partial charge < -0.3 is 10.5 Å². The molecular weight excluding hydrogens is 228 g/mol. The minimum Gasteiger partial charge on any atom is -0.464 e. The van der Waals surface area contributed by atoms with Crippen LogP contribution >= 0.6 is 0 Å². The van der Waals surface area contributed by atoms with Crippen LogP contribution in [-0.4, -0.2) is 18.7 Å². The first-order valence-electron chi connectivity index (χ1n) is 6.29. The van der Waals surface area contributed by atoms with Crippen LogP contribution in [0.4, 0.5) is 0 Å². The van der Waals surface area contributed by atoms with Gasteiger partial charge in [-0.1, -0.05) is 38.1 Å². The Balaban J connectivity index is 2.46. The van der Waals surface area contributed by atoms with Gasteiger partial charge in [-0.05, 0) is 24.0 Å². The molecule has 0 heterocycles. The summed E-state index contributed by atoms with van der Waals surface area (Å²) < 4.78 is 4.82. The Bertz CT molecular complexity index is 374. The zero-order valence-electron chi connectivity index (χ0n) is 11.3. The van der Waals surface area contributed by atoms with Crippen LogP contribution in [0.3, 0.4) is 0 Å². The highest BCUT2D eigenvalue weighted by Gasteiger charge is 2.13. The van der Waals surface area contributed by atoms with E-state index in [4.69, 9.17) is 10.5 Å². The lowest BCUT2D eigenvalue weighted by Crippen LogP contribution is -2.44. The Hall–Kier alpha value is -1.39. The molecule has 1 aromatic carbocycles. The van der Waals surface area contributed by atoms with Crippen molar-refractivity contribution in [3.8, 4) is 0 Å². The van der Waals surface area contributed by atoms with Gasteiger partial charge in [0, 0.05) is 6.54 Å². The van der Waals surface area contributed by atoms with Crippen molar-refractivity contribution < 1.29 is 9.53 Å². The quantitative estimate of drug-likeness (QED) is 0.596. The average molecular weight is 250 g/mol. The zero-order valence-corrected chi connectivity index (χ0v) is 11.3. The number of ether oxygens (including phenoxy) is 1. The molecule has 0 spiro atoms. The van der Waals surface area contributed by atoms with Gasteiger partial charge in [0.25, 0.3) is 0 Å². The molecule has 100 valence electrons. The number of rotatable bonds is 6. The molecule has 1 unspecified atom stereocenters. The van der Waals surface area contributed by atoms with Gasteiger partial charge in [0.2, 0.25) is 0 Å². The van der Waals surface area contributed by atoms with Crippen molar-refractivity contribution in [2.75, 3.05) is 6.61 Å². The highest BCUT2D eigenvalue weighted by Crippen LogP contribution is 2.14. The van der Waals surface area contributed by atoms with Gasteiger partial charge in [-0.3, -0.25) is 5.32 Å². The van der Waals surface area contributed by atoms with E-state index in [-0.39, 0.29) is 0 Å². The molecular formula is C14H22N2O2. The maximum Gasteiger partial charge on any atom is 0.337 e. The highest BCUT2D eigenvalue weighted by molar-refractivity contribution is 5.74. The van der Waals surface area contributed by atoms with E-state index < -0.39 is 12.1 Å². The number of hydrogen-bond donors (Lipinski definition) is 2. The smallest absolute Gasteiger partial charge is 0.337 e. The van der Waals surface area contributed by atoms with E-state index in [1.165, 1.54) is 5.56 Å². The third kappa shape index (κ3) is 4.47. The maximum absolute atomic E-state index is 11.3. The van der Waals surface area contributed by atoms with Crippen LogP contribution in [0.2, 0.25) is 0 Å². The SMILES string of the molecule is CCOC(=O)C(N)NCc1ccc(C(C)C)cc1. The average Bonchev–Trinajstić information content (AvgIpc) is 2.36. The molecule has 0 aliphatic rings. The van der Waals surface area contributed by atoms with E-state index in [9.17, 15) is 4.79 Å². The first kappa shape index (κ1) is 14.7. The normalized spacial score (nSPS) is 12.5. The van der Waals surface area contributed by atoms with Crippen LogP contribution in [0.25, 0.3) is 0 Å². The molecule has 0 radical (unpaired) electrons. The van der Waals surface area contributed by atoms with E-state index in [1.54, 1.807) is 6.92 Å². The second-order valence-corrected chi connectivity index (χ2v) is 4.51. The molecule has 0 amide bonds. The maximum atomic E-state index is 11.3. The van der Waals surface area contributed by atoms with Gasteiger partial charge in [-0.15, -0.1) is 0 Å². The molecule has 1 atom stereocenters. The van der Waals surface area contributed by atoms with Gasteiger partial charge >= 0.3 is 5.97 Å². The van der Waals surface area contributed by atoms with Gasteiger partial charge in [-0.25, -0.2) is 4.79 Å². The summed E-state index contributed by atoms with van der Waals surface area (Å²) in [5, 5.41) is 2.94. The van der Waals surface area contributed by atoms with E-state index in [0.29, 0.717) is 19.1 Å². The molecule has 0 bridgehead atoms.